The van der Waals surface area contributed by atoms with Gasteiger partial charge in [0.05, 0.1) is 6.10 Å². The van der Waals surface area contributed by atoms with Crippen molar-refractivity contribution in [2.45, 2.75) is 63.6 Å². The van der Waals surface area contributed by atoms with E-state index in [4.69, 9.17) is 10.5 Å². The van der Waals surface area contributed by atoms with Crippen LogP contribution in [-0.2, 0) is 4.74 Å². The number of methoxy groups -OCH3 is 1. The van der Waals surface area contributed by atoms with Gasteiger partial charge in [-0.1, -0.05) is 13.3 Å². The molecule has 3 heteroatoms. The summed E-state index contributed by atoms with van der Waals surface area (Å²) in [4.78, 5) is 2.63. The Hall–Kier alpha value is -0.120. The summed E-state index contributed by atoms with van der Waals surface area (Å²) in [5.74, 6) is 0.903. The molecule has 1 heterocycles. The molecule has 1 aliphatic heterocycles. The lowest BCUT2D eigenvalue weighted by molar-refractivity contribution is 0.0115. The van der Waals surface area contributed by atoms with E-state index in [0.717, 1.165) is 5.92 Å². The lowest BCUT2D eigenvalue weighted by Crippen LogP contribution is -2.54. The molecule has 3 unspecified atom stereocenters. The van der Waals surface area contributed by atoms with Gasteiger partial charge >= 0.3 is 0 Å². The van der Waals surface area contributed by atoms with Crippen molar-refractivity contribution < 1.29 is 4.74 Å². The van der Waals surface area contributed by atoms with E-state index in [0.29, 0.717) is 18.2 Å². The zero-order chi connectivity index (χ0) is 12.3. The Morgan fingerprint density at radius 2 is 1.88 bits per heavy atom. The second kappa shape index (κ2) is 6.17. The summed E-state index contributed by atoms with van der Waals surface area (Å²) in [5, 5.41) is 0. The fourth-order valence-corrected chi connectivity index (χ4v) is 3.49. The van der Waals surface area contributed by atoms with E-state index in [1.807, 2.05) is 7.11 Å². The van der Waals surface area contributed by atoms with Gasteiger partial charge in [-0.25, -0.2) is 0 Å². The van der Waals surface area contributed by atoms with Crippen molar-refractivity contribution in [1.29, 1.82) is 0 Å². The minimum Gasteiger partial charge on any atom is -0.381 e. The first-order valence-electron chi connectivity index (χ1n) is 7.27. The third-order valence-corrected chi connectivity index (χ3v) is 4.83. The number of piperidine rings is 1. The number of likely N-dealkylation sites (tertiary alicyclic amines) is 1. The number of hydrogen-bond acceptors (Lipinski definition) is 3. The molecule has 0 aromatic carbocycles. The summed E-state index contributed by atoms with van der Waals surface area (Å²) in [6.07, 6.45) is 8.02. The van der Waals surface area contributed by atoms with Gasteiger partial charge in [0, 0.05) is 32.3 Å². The van der Waals surface area contributed by atoms with Gasteiger partial charge in [-0.15, -0.1) is 0 Å². The first-order chi connectivity index (χ1) is 8.24. The normalized spacial score (nSPS) is 37.2. The smallest absolute Gasteiger partial charge is 0.0595 e. The molecule has 0 radical (unpaired) electrons. The molecule has 17 heavy (non-hydrogen) atoms. The van der Waals surface area contributed by atoms with Crippen LogP contribution in [0.15, 0.2) is 0 Å². The SMILES string of the molecule is CCC1CCC(N)C(N2CCC(OC)CC2)C1. The maximum Gasteiger partial charge on any atom is 0.0595 e. The second-order valence-corrected chi connectivity index (χ2v) is 5.79. The van der Waals surface area contributed by atoms with Gasteiger partial charge in [0.2, 0.25) is 0 Å². The molecular formula is C14H28N2O. The second-order valence-electron chi connectivity index (χ2n) is 5.79. The van der Waals surface area contributed by atoms with E-state index in [1.54, 1.807) is 0 Å². The van der Waals surface area contributed by atoms with E-state index in [1.165, 1.54) is 51.6 Å². The highest BCUT2D eigenvalue weighted by molar-refractivity contribution is 4.90. The molecule has 2 aliphatic rings. The van der Waals surface area contributed by atoms with Crippen LogP contribution in [0.1, 0.15) is 45.4 Å². The average Bonchev–Trinajstić information content (AvgIpc) is 2.39. The summed E-state index contributed by atoms with van der Waals surface area (Å²) in [6.45, 7) is 4.66. The molecule has 3 atom stereocenters. The van der Waals surface area contributed by atoms with E-state index in [-0.39, 0.29) is 0 Å². The van der Waals surface area contributed by atoms with Crippen molar-refractivity contribution in [2.24, 2.45) is 11.7 Å². The number of nitrogens with zero attached hydrogens (tertiary/aromatic N) is 1. The van der Waals surface area contributed by atoms with Gasteiger partial charge in [0.1, 0.15) is 0 Å². The van der Waals surface area contributed by atoms with Gasteiger partial charge in [-0.3, -0.25) is 4.90 Å². The Morgan fingerprint density at radius 3 is 2.47 bits per heavy atom. The van der Waals surface area contributed by atoms with Gasteiger partial charge < -0.3 is 10.5 Å². The maximum atomic E-state index is 6.32. The molecule has 3 nitrogen and oxygen atoms in total. The molecule has 1 saturated heterocycles. The Morgan fingerprint density at radius 1 is 1.18 bits per heavy atom. The van der Waals surface area contributed by atoms with Gasteiger partial charge in [-0.05, 0) is 38.0 Å². The van der Waals surface area contributed by atoms with Crippen LogP contribution in [0.5, 0.6) is 0 Å². The van der Waals surface area contributed by atoms with E-state index < -0.39 is 0 Å². The van der Waals surface area contributed by atoms with Crippen LogP contribution in [0.2, 0.25) is 0 Å². The summed E-state index contributed by atoms with van der Waals surface area (Å²) >= 11 is 0. The number of hydrogen-bond donors (Lipinski definition) is 1. The highest BCUT2D eigenvalue weighted by Gasteiger charge is 2.33. The lowest BCUT2D eigenvalue weighted by Gasteiger charge is -2.44. The Bertz CT molecular complexity index is 226. The molecule has 0 aromatic rings. The van der Waals surface area contributed by atoms with Gasteiger partial charge in [0.25, 0.3) is 0 Å². The molecule has 2 fully saturated rings. The molecule has 0 amide bonds. The fraction of sp³-hybridized carbons (Fsp3) is 1.00. The number of ether oxygens (including phenoxy) is 1. The summed E-state index contributed by atoms with van der Waals surface area (Å²) < 4.78 is 5.44. The molecular weight excluding hydrogens is 212 g/mol. The van der Waals surface area contributed by atoms with Gasteiger partial charge in [0.15, 0.2) is 0 Å². The van der Waals surface area contributed by atoms with Crippen molar-refractivity contribution in [2.75, 3.05) is 20.2 Å². The number of rotatable bonds is 3. The van der Waals surface area contributed by atoms with E-state index >= 15 is 0 Å². The molecule has 1 aliphatic carbocycles. The quantitative estimate of drug-likeness (QED) is 0.820. The average molecular weight is 240 g/mol. The minimum absolute atomic E-state index is 0.400. The predicted octanol–water partition coefficient (Wildman–Crippen LogP) is 2.00. The molecule has 1 saturated carbocycles. The van der Waals surface area contributed by atoms with Crippen molar-refractivity contribution in [1.82, 2.24) is 4.90 Å². The number of nitrogens with two attached hydrogens (primary N) is 1. The van der Waals surface area contributed by atoms with Crippen LogP contribution in [0, 0.1) is 5.92 Å². The summed E-state index contributed by atoms with van der Waals surface area (Å²) in [5.41, 5.74) is 6.32. The predicted molar refractivity (Wildman–Crippen MR) is 71.0 cm³/mol. The highest BCUT2D eigenvalue weighted by atomic mass is 16.5. The molecule has 0 aromatic heterocycles. The molecule has 100 valence electrons. The van der Waals surface area contributed by atoms with E-state index in [2.05, 4.69) is 11.8 Å². The van der Waals surface area contributed by atoms with Gasteiger partial charge in [-0.2, -0.15) is 0 Å². The monoisotopic (exact) mass is 240 g/mol. The Balaban J connectivity index is 1.87. The van der Waals surface area contributed by atoms with Crippen molar-refractivity contribution in [3.8, 4) is 0 Å². The maximum absolute atomic E-state index is 6.32. The van der Waals surface area contributed by atoms with Crippen LogP contribution in [0.3, 0.4) is 0 Å². The van der Waals surface area contributed by atoms with Crippen molar-refractivity contribution >= 4 is 0 Å². The zero-order valence-electron chi connectivity index (χ0n) is 11.4. The molecule has 0 bridgehead atoms. The third kappa shape index (κ3) is 3.21. The van der Waals surface area contributed by atoms with Crippen LogP contribution in [-0.4, -0.2) is 43.3 Å². The van der Waals surface area contributed by atoms with E-state index in [9.17, 15) is 0 Å². The van der Waals surface area contributed by atoms with Crippen molar-refractivity contribution in [3.63, 3.8) is 0 Å². The standard InChI is InChI=1S/C14H28N2O/c1-3-11-4-5-13(15)14(10-11)16-8-6-12(17-2)7-9-16/h11-14H,3-10,15H2,1-2H3. The van der Waals surface area contributed by atoms with Crippen LogP contribution in [0.4, 0.5) is 0 Å². The highest BCUT2D eigenvalue weighted by Crippen LogP contribution is 2.30. The molecule has 0 spiro atoms. The minimum atomic E-state index is 0.400. The molecule has 2 rings (SSSR count). The Labute approximate surface area is 106 Å². The fourth-order valence-electron chi connectivity index (χ4n) is 3.49. The summed E-state index contributed by atoms with van der Waals surface area (Å²) in [7, 11) is 1.83. The van der Waals surface area contributed by atoms with Crippen LogP contribution >= 0.6 is 0 Å². The summed E-state index contributed by atoms with van der Waals surface area (Å²) in [6, 6.07) is 1.03. The Kier molecular flexibility index (Phi) is 4.83. The van der Waals surface area contributed by atoms with Crippen LogP contribution < -0.4 is 5.73 Å². The first-order valence-corrected chi connectivity index (χ1v) is 7.27. The topological polar surface area (TPSA) is 38.5 Å². The first kappa shape index (κ1) is 13.3. The third-order valence-electron chi connectivity index (χ3n) is 4.83. The largest absolute Gasteiger partial charge is 0.381 e. The zero-order valence-corrected chi connectivity index (χ0v) is 11.4. The lowest BCUT2D eigenvalue weighted by atomic mass is 9.80. The van der Waals surface area contributed by atoms with Crippen molar-refractivity contribution in [3.05, 3.63) is 0 Å². The molecule has 2 N–H and O–H groups in total. The van der Waals surface area contributed by atoms with Crippen LogP contribution in [0.25, 0.3) is 0 Å².